The summed E-state index contributed by atoms with van der Waals surface area (Å²) >= 11 is 0. The van der Waals surface area contributed by atoms with Crippen molar-refractivity contribution in [3.05, 3.63) is 12.2 Å². The second-order valence-electron chi connectivity index (χ2n) is 4.59. The van der Waals surface area contributed by atoms with E-state index in [0.717, 1.165) is 31.3 Å². The Balaban J connectivity index is 2.79. The molecule has 0 saturated heterocycles. The molecule has 1 rings (SSSR count). The van der Waals surface area contributed by atoms with E-state index < -0.39 is 0 Å². The van der Waals surface area contributed by atoms with Crippen molar-refractivity contribution in [3.8, 4) is 0 Å². The highest BCUT2D eigenvalue weighted by molar-refractivity contribution is 5.69. The normalized spacial score (nSPS) is 18.9. The quantitative estimate of drug-likeness (QED) is 0.729. The fraction of sp³-hybridized carbons (Fsp3) is 0.750. The summed E-state index contributed by atoms with van der Waals surface area (Å²) in [6.07, 6.45) is 3.92. The molecule has 3 nitrogen and oxygen atoms in total. The minimum atomic E-state index is -0.348. The first-order valence-electron chi connectivity index (χ1n) is 5.57. The highest BCUT2D eigenvalue weighted by Gasteiger charge is 2.39. The van der Waals surface area contributed by atoms with Gasteiger partial charge in [0.05, 0.1) is 12.6 Å². The summed E-state index contributed by atoms with van der Waals surface area (Å²) < 4.78 is 4.68. The summed E-state index contributed by atoms with van der Waals surface area (Å²) in [6, 6.07) is 0. The number of ether oxygens (including phenoxy) is 1. The molecular weight excluding hydrogens is 190 g/mol. The lowest BCUT2D eigenvalue weighted by Gasteiger charge is -2.34. The average molecular weight is 211 g/mol. The van der Waals surface area contributed by atoms with E-state index in [2.05, 4.69) is 30.5 Å². The summed E-state index contributed by atoms with van der Waals surface area (Å²) in [6.45, 7) is 8.35. The predicted molar refractivity (Wildman–Crippen MR) is 60.7 cm³/mol. The van der Waals surface area contributed by atoms with Gasteiger partial charge >= 0.3 is 6.09 Å². The highest BCUT2D eigenvalue weighted by atomic mass is 16.5. The van der Waals surface area contributed by atoms with Crippen LogP contribution in [0.2, 0.25) is 0 Å². The summed E-state index contributed by atoms with van der Waals surface area (Å²) in [4.78, 5) is 11.3. The Morgan fingerprint density at radius 3 is 2.33 bits per heavy atom. The molecule has 1 N–H and O–H groups in total. The first-order valence-corrected chi connectivity index (χ1v) is 5.57. The van der Waals surface area contributed by atoms with Crippen molar-refractivity contribution in [1.82, 2.24) is 5.32 Å². The van der Waals surface area contributed by atoms with Gasteiger partial charge in [-0.1, -0.05) is 33.3 Å². The fourth-order valence-corrected chi connectivity index (χ4v) is 2.30. The molecule has 0 aliphatic heterocycles. The van der Waals surface area contributed by atoms with Crippen molar-refractivity contribution in [3.63, 3.8) is 0 Å². The number of amides is 1. The Morgan fingerprint density at radius 1 is 1.40 bits per heavy atom. The van der Waals surface area contributed by atoms with Gasteiger partial charge in [0, 0.05) is 0 Å². The van der Waals surface area contributed by atoms with Crippen molar-refractivity contribution in [2.75, 3.05) is 7.11 Å². The second-order valence-corrected chi connectivity index (χ2v) is 4.59. The molecule has 0 spiro atoms. The van der Waals surface area contributed by atoms with E-state index in [9.17, 15) is 4.79 Å². The maximum absolute atomic E-state index is 11.3. The van der Waals surface area contributed by atoms with Crippen LogP contribution >= 0.6 is 0 Å². The first-order chi connectivity index (χ1) is 7.02. The van der Waals surface area contributed by atoms with Gasteiger partial charge in [0.15, 0.2) is 0 Å². The maximum Gasteiger partial charge on any atom is 0.407 e. The van der Waals surface area contributed by atoms with E-state index >= 15 is 0 Å². The van der Waals surface area contributed by atoms with Gasteiger partial charge in [-0.15, -0.1) is 0 Å². The van der Waals surface area contributed by atoms with Crippen LogP contribution in [0.5, 0.6) is 0 Å². The van der Waals surface area contributed by atoms with Gasteiger partial charge in [0.1, 0.15) is 0 Å². The van der Waals surface area contributed by atoms with Gasteiger partial charge in [0.25, 0.3) is 0 Å². The van der Waals surface area contributed by atoms with E-state index in [0.29, 0.717) is 5.92 Å². The molecule has 1 aliphatic rings. The van der Waals surface area contributed by atoms with Crippen LogP contribution in [-0.2, 0) is 4.74 Å². The minimum absolute atomic E-state index is 0.221. The molecule has 1 saturated carbocycles. The van der Waals surface area contributed by atoms with Crippen LogP contribution in [0.25, 0.3) is 0 Å². The van der Waals surface area contributed by atoms with Crippen LogP contribution in [0, 0.1) is 5.92 Å². The number of hydrogen-bond acceptors (Lipinski definition) is 2. The molecule has 0 radical (unpaired) electrons. The maximum atomic E-state index is 11.3. The number of methoxy groups -OCH3 is 1. The first kappa shape index (κ1) is 12.1. The van der Waals surface area contributed by atoms with Crippen molar-refractivity contribution < 1.29 is 9.53 Å². The molecule has 0 bridgehead atoms. The van der Waals surface area contributed by atoms with Gasteiger partial charge in [-0.2, -0.15) is 0 Å². The number of rotatable bonds is 3. The second kappa shape index (κ2) is 4.69. The van der Waals surface area contributed by atoms with Crippen LogP contribution in [-0.4, -0.2) is 18.7 Å². The Kier molecular flexibility index (Phi) is 3.77. The Morgan fingerprint density at radius 2 is 1.93 bits per heavy atom. The Bertz CT molecular complexity index is 252. The van der Waals surface area contributed by atoms with Crippen LogP contribution in [0.3, 0.4) is 0 Å². The smallest absolute Gasteiger partial charge is 0.407 e. The molecule has 3 heteroatoms. The summed E-state index contributed by atoms with van der Waals surface area (Å²) in [7, 11) is 1.40. The lowest BCUT2D eigenvalue weighted by Crippen LogP contribution is -2.48. The summed E-state index contributed by atoms with van der Waals surface area (Å²) in [5, 5.41) is 2.96. The largest absolute Gasteiger partial charge is 0.453 e. The fourth-order valence-electron chi connectivity index (χ4n) is 2.30. The van der Waals surface area contributed by atoms with Crippen LogP contribution < -0.4 is 5.32 Å². The zero-order valence-corrected chi connectivity index (χ0v) is 9.93. The van der Waals surface area contributed by atoms with E-state index in [1.165, 1.54) is 7.11 Å². The number of nitrogens with one attached hydrogen (secondary N) is 1. The molecule has 0 aromatic heterocycles. The molecule has 15 heavy (non-hydrogen) atoms. The number of hydrogen-bond donors (Lipinski definition) is 1. The van der Waals surface area contributed by atoms with Crippen LogP contribution in [0.15, 0.2) is 12.2 Å². The standard InChI is InChI=1S/C12H21NO2/c1-9(2)10(3)12(7-5-6-8-12)13-11(14)15-4/h9H,3,5-8H2,1-2,4H3,(H,13,14). The topological polar surface area (TPSA) is 38.3 Å². The molecule has 0 unspecified atom stereocenters. The number of carbonyl (C=O) groups excluding carboxylic acids is 1. The van der Waals surface area contributed by atoms with E-state index in [-0.39, 0.29) is 11.6 Å². The van der Waals surface area contributed by atoms with Crippen molar-refractivity contribution in [1.29, 1.82) is 0 Å². The summed E-state index contributed by atoms with van der Waals surface area (Å²) in [5.74, 6) is 0.389. The lowest BCUT2D eigenvalue weighted by molar-refractivity contribution is 0.158. The molecule has 0 heterocycles. The monoisotopic (exact) mass is 211 g/mol. The van der Waals surface area contributed by atoms with Crippen molar-refractivity contribution in [2.45, 2.75) is 45.1 Å². The molecular formula is C12H21NO2. The summed E-state index contributed by atoms with van der Waals surface area (Å²) in [5.41, 5.74) is 0.895. The third-order valence-corrected chi connectivity index (χ3v) is 3.30. The molecule has 1 aliphatic carbocycles. The average Bonchev–Trinajstić information content (AvgIpc) is 2.66. The van der Waals surface area contributed by atoms with Gasteiger partial charge in [-0.05, 0) is 24.3 Å². The Hall–Kier alpha value is -0.990. The molecule has 0 aromatic carbocycles. The van der Waals surface area contributed by atoms with Gasteiger partial charge in [-0.25, -0.2) is 4.79 Å². The Labute approximate surface area is 91.9 Å². The number of alkyl carbamates (subject to hydrolysis) is 1. The number of carbonyl (C=O) groups is 1. The van der Waals surface area contributed by atoms with E-state index in [1.54, 1.807) is 0 Å². The van der Waals surface area contributed by atoms with Crippen LogP contribution in [0.1, 0.15) is 39.5 Å². The minimum Gasteiger partial charge on any atom is -0.453 e. The van der Waals surface area contributed by atoms with E-state index in [1.807, 2.05) is 0 Å². The van der Waals surface area contributed by atoms with Crippen molar-refractivity contribution >= 4 is 6.09 Å². The third kappa shape index (κ3) is 2.52. The van der Waals surface area contributed by atoms with Gasteiger partial charge in [-0.3, -0.25) is 0 Å². The zero-order chi connectivity index (χ0) is 11.5. The third-order valence-electron chi connectivity index (χ3n) is 3.30. The van der Waals surface area contributed by atoms with Gasteiger partial charge in [0.2, 0.25) is 0 Å². The lowest BCUT2D eigenvalue weighted by atomic mass is 9.82. The van der Waals surface area contributed by atoms with E-state index in [4.69, 9.17) is 0 Å². The van der Waals surface area contributed by atoms with Gasteiger partial charge < -0.3 is 10.1 Å². The van der Waals surface area contributed by atoms with Crippen molar-refractivity contribution in [2.24, 2.45) is 5.92 Å². The SMILES string of the molecule is C=C(C(C)C)C1(NC(=O)OC)CCCC1. The predicted octanol–water partition coefficient (Wildman–Crippen LogP) is 2.87. The van der Waals surface area contributed by atoms with Crippen LogP contribution in [0.4, 0.5) is 4.79 Å². The molecule has 86 valence electrons. The molecule has 0 aromatic rings. The molecule has 1 fully saturated rings. The highest BCUT2D eigenvalue weighted by Crippen LogP contribution is 2.38. The molecule has 1 amide bonds. The molecule has 0 atom stereocenters. The zero-order valence-electron chi connectivity index (χ0n) is 9.93.